The third-order valence-corrected chi connectivity index (χ3v) is 4.74. The highest BCUT2D eigenvalue weighted by Crippen LogP contribution is 2.40. The Bertz CT molecular complexity index is 804. The van der Waals surface area contributed by atoms with Crippen LogP contribution in [-0.2, 0) is 4.79 Å². The number of nitrogens with zero attached hydrogens (tertiary/aromatic N) is 3. The lowest BCUT2D eigenvalue weighted by atomic mass is 10.1. The van der Waals surface area contributed by atoms with E-state index in [1.807, 2.05) is 6.07 Å². The number of rotatable bonds is 4. The third kappa shape index (κ3) is 2.74. The van der Waals surface area contributed by atoms with E-state index >= 15 is 0 Å². The molecule has 24 heavy (non-hydrogen) atoms. The van der Waals surface area contributed by atoms with Crippen LogP contribution in [0.3, 0.4) is 0 Å². The van der Waals surface area contributed by atoms with Gasteiger partial charge >= 0.3 is 0 Å². The molecule has 7 heteroatoms. The maximum absolute atomic E-state index is 12.6. The molecule has 7 nitrogen and oxygen atoms in total. The van der Waals surface area contributed by atoms with Gasteiger partial charge in [-0.2, -0.15) is 0 Å². The Balaban J connectivity index is 1.56. The van der Waals surface area contributed by atoms with E-state index in [-0.39, 0.29) is 18.4 Å². The summed E-state index contributed by atoms with van der Waals surface area (Å²) in [6.45, 7) is 3.37. The predicted octanol–water partition coefficient (Wildman–Crippen LogP) is 1.76. The molecule has 2 aromatic rings. The van der Waals surface area contributed by atoms with Crippen LogP contribution in [0.4, 0.5) is 0 Å². The van der Waals surface area contributed by atoms with Gasteiger partial charge in [0.05, 0.1) is 23.2 Å². The van der Waals surface area contributed by atoms with Crippen molar-refractivity contribution in [2.75, 3.05) is 19.6 Å². The maximum Gasteiger partial charge on any atom is 0.259 e. The fourth-order valence-corrected chi connectivity index (χ4v) is 3.21. The van der Waals surface area contributed by atoms with Crippen molar-refractivity contribution < 1.29 is 14.1 Å². The van der Waals surface area contributed by atoms with E-state index in [2.05, 4.69) is 15.5 Å². The van der Waals surface area contributed by atoms with Crippen molar-refractivity contribution in [3.05, 3.63) is 23.0 Å². The summed E-state index contributed by atoms with van der Waals surface area (Å²) in [5, 5.41) is 7.30. The average Bonchev–Trinajstić information content (AvgIpc) is 3.16. The van der Waals surface area contributed by atoms with Gasteiger partial charge in [0, 0.05) is 24.7 Å². The molecule has 0 spiro atoms. The number of amides is 2. The first-order valence-corrected chi connectivity index (χ1v) is 8.46. The lowest BCUT2D eigenvalue weighted by Gasteiger charge is -2.15. The summed E-state index contributed by atoms with van der Waals surface area (Å²) < 4.78 is 5.25. The minimum Gasteiger partial charge on any atom is -0.343 e. The van der Waals surface area contributed by atoms with E-state index in [1.165, 1.54) is 0 Å². The van der Waals surface area contributed by atoms with Crippen molar-refractivity contribution in [1.82, 2.24) is 20.4 Å². The summed E-state index contributed by atoms with van der Waals surface area (Å²) in [6.07, 6.45) is 4.24. The lowest BCUT2D eigenvalue weighted by molar-refractivity contribution is -0.129. The molecule has 2 fully saturated rings. The van der Waals surface area contributed by atoms with Crippen LogP contribution in [0.15, 0.2) is 10.6 Å². The Morgan fingerprint density at radius 2 is 2.08 bits per heavy atom. The summed E-state index contributed by atoms with van der Waals surface area (Å²) in [5.74, 6) is 0.0938. The maximum atomic E-state index is 12.6. The first kappa shape index (κ1) is 15.1. The lowest BCUT2D eigenvalue weighted by Crippen LogP contribution is -2.38. The second-order valence-corrected chi connectivity index (χ2v) is 6.59. The van der Waals surface area contributed by atoms with E-state index < -0.39 is 0 Å². The Hall–Kier alpha value is -2.44. The standard InChI is InChI=1S/C17H20N4O3/c1-10-15-12(8-13(11-4-5-11)19-17(15)24-20-10)16(23)18-9-14(22)21-6-2-3-7-21/h8,11H,2-7,9H2,1H3,(H,18,23). The highest BCUT2D eigenvalue weighted by molar-refractivity contribution is 6.06. The molecule has 2 amide bonds. The fourth-order valence-electron chi connectivity index (χ4n) is 3.21. The molecule has 1 aliphatic heterocycles. The molecule has 1 aliphatic carbocycles. The van der Waals surface area contributed by atoms with Crippen LogP contribution in [0.1, 0.15) is 53.3 Å². The van der Waals surface area contributed by atoms with E-state index in [9.17, 15) is 9.59 Å². The van der Waals surface area contributed by atoms with Crippen LogP contribution >= 0.6 is 0 Å². The molecule has 1 saturated heterocycles. The quantitative estimate of drug-likeness (QED) is 0.924. The zero-order valence-electron chi connectivity index (χ0n) is 13.7. The SMILES string of the molecule is Cc1noc2nc(C3CC3)cc(C(=O)NCC(=O)N3CCCC3)c12. The minimum atomic E-state index is -0.275. The third-order valence-electron chi connectivity index (χ3n) is 4.74. The van der Waals surface area contributed by atoms with Gasteiger partial charge in [0.1, 0.15) is 0 Å². The van der Waals surface area contributed by atoms with Gasteiger partial charge < -0.3 is 14.7 Å². The molecule has 0 aromatic carbocycles. The van der Waals surface area contributed by atoms with Crippen LogP contribution in [0.25, 0.3) is 11.1 Å². The van der Waals surface area contributed by atoms with Crippen LogP contribution in [0.2, 0.25) is 0 Å². The van der Waals surface area contributed by atoms with E-state index in [0.29, 0.717) is 28.3 Å². The molecule has 0 radical (unpaired) electrons. The Morgan fingerprint density at radius 3 is 2.79 bits per heavy atom. The molecule has 4 rings (SSSR count). The second-order valence-electron chi connectivity index (χ2n) is 6.59. The van der Waals surface area contributed by atoms with Gasteiger partial charge in [-0.1, -0.05) is 5.16 Å². The van der Waals surface area contributed by atoms with Crippen molar-refractivity contribution in [3.63, 3.8) is 0 Å². The monoisotopic (exact) mass is 328 g/mol. The molecule has 2 aliphatic rings. The second kappa shape index (κ2) is 5.89. The summed E-state index contributed by atoms with van der Waals surface area (Å²) in [4.78, 5) is 31.0. The van der Waals surface area contributed by atoms with Gasteiger partial charge in [-0.05, 0) is 38.7 Å². The van der Waals surface area contributed by atoms with Crippen LogP contribution < -0.4 is 5.32 Å². The molecule has 1 saturated carbocycles. The van der Waals surface area contributed by atoms with Crippen LogP contribution in [0, 0.1) is 6.92 Å². The van der Waals surface area contributed by atoms with Crippen LogP contribution in [0.5, 0.6) is 0 Å². The Labute approximate surface area is 139 Å². The zero-order valence-corrected chi connectivity index (χ0v) is 13.7. The number of carbonyl (C=O) groups is 2. The van der Waals surface area contributed by atoms with Gasteiger partial charge in [-0.25, -0.2) is 4.98 Å². The molecule has 0 unspecified atom stereocenters. The number of pyridine rings is 1. The number of fused-ring (bicyclic) bond motifs is 1. The highest BCUT2D eigenvalue weighted by Gasteiger charge is 2.29. The van der Waals surface area contributed by atoms with Crippen molar-refractivity contribution in [2.24, 2.45) is 0 Å². The van der Waals surface area contributed by atoms with Gasteiger partial charge in [-0.3, -0.25) is 9.59 Å². The molecule has 1 N–H and O–H groups in total. The smallest absolute Gasteiger partial charge is 0.259 e. The summed E-state index contributed by atoms with van der Waals surface area (Å²) in [5.41, 5.74) is 2.40. The molecule has 126 valence electrons. The van der Waals surface area contributed by atoms with Gasteiger partial charge in [0.15, 0.2) is 0 Å². The van der Waals surface area contributed by atoms with E-state index in [4.69, 9.17) is 4.52 Å². The zero-order chi connectivity index (χ0) is 16.7. The van der Waals surface area contributed by atoms with Gasteiger partial charge in [-0.15, -0.1) is 0 Å². The Morgan fingerprint density at radius 1 is 1.33 bits per heavy atom. The minimum absolute atomic E-state index is 0.0196. The molecule has 3 heterocycles. The van der Waals surface area contributed by atoms with E-state index in [1.54, 1.807) is 11.8 Å². The molecular weight excluding hydrogens is 308 g/mol. The normalized spacial score (nSPS) is 17.5. The number of carbonyl (C=O) groups excluding carboxylic acids is 2. The molecular formula is C17H20N4O3. The fraction of sp³-hybridized carbons (Fsp3) is 0.529. The number of aromatic nitrogens is 2. The van der Waals surface area contributed by atoms with Gasteiger partial charge in [0.25, 0.3) is 11.6 Å². The van der Waals surface area contributed by atoms with Gasteiger partial charge in [0.2, 0.25) is 5.91 Å². The number of aryl methyl sites for hydroxylation is 1. The molecule has 2 aromatic heterocycles. The van der Waals surface area contributed by atoms with Crippen LogP contribution in [-0.4, -0.2) is 46.5 Å². The number of hydrogen-bond donors (Lipinski definition) is 1. The van der Waals surface area contributed by atoms with Crippen molar-refractivity contribution in [3.8, 4) is 0 Å². The first-order chi connectivity index (χ1) is 11.6. The average molecular weight is 328 g/mol. The number of hydrogen-bond acceptors (Lipinski definition) is 5. The number of nitrogens with one attached hydrogen (secondary N) is 1. The summed E-state index contributed by atoms with van der Waals surface area (Å²) in [7, 11) is 0. The highest BCUT2D eigenvalue weighted by atomic mass is 16.5. The first-order valence-electron chi connectivity index (χ1n) is 8.46. The predicted molar refractivity (Wildman–Crippen MR) is 86.7 cm³/mol. The summed E-state index contributed by atoms with van der Waals surface area (Å²) >= 11 is 0. The topological polar surface area (TPSA) is 88.3 Å². The largest absolute Gasteiger partial charge is 0.343 e. The number of likely N-dealkylation sites (tertiary alicyclic amines) is 1. The Kier molecular flexibility index (Phi) is 3.70. The summed E-state index contributed by atoms with van der Waals surface area (Å²) in [6, 6.07) is 1.82. The van der Waals surface area contributed by atoms with Crippen molar-refractivity contribution in [1.29, 1.82) is 0 Å². The molecule has 0 bridgehead atoms. The van der Waals surface area contributed by atoms with Crippen molar-refractivity contribution in [2.45, 2.75) is 38.5 Å². The van der Waals surface area contributed by atoms with Crippen molar-refractivity contribution >= 4 is 22.9 Å². The molecule has 0 atom stereocenters. The van der Waals surface area contributed by atoms with E-state index in [0.717, 1.165) is 44.5 Å².